The van der Waals surface area contributed by atoms with Crippen LogP contribution in [0.1, 0.15) is 48.4 Å². The van der Waals surface area contributed by atoms with Gasteiger partial charge in [0.2, 0.25) is 15.9 Å². The van der Waals surface area contributed by atoms with Gasteiger partial charge in [0, 0.05) is 24.0 Å². The van der Waals surface area contributed by atoms with Crippen LogP contribution < -0.4 is 5.32 Å². The molecule has 2 aromatic carbocycles. The van der Waals surface area contributed by atoms with E-state index < -0.39 is 10.0 Å². The second-order valence-corrected chi connectivity index (χ2v) is 10.5. The number of carbonyl (C=O) groups is 1. The summed E-state index contributed by atoms with van der Waals surface area (Å²) in [6.07, 6.45) is 4.17. The average Bonchev–Trinajstić information content (AvgIpc) is 2.75. The average molecular weight is 447 g/mol. The zero-order valence-corrected chi connectivity index (χ0v) is 18.5. The Morgan fingerprint density at radius 1 is 1.03 bits per heavy atom. The van der Waals surface area contributed by atoms with Crippen molar-refractivity contribution in [3.63, 3.8) is 0 Å². The van der Waals surface area contributed by atoms with E-state index in [0.717, 1.165) is 19.3 Å². The van der Waals surface area contributed by atoms with Crippen LogP contribution in [0.15, 0.2) is 48.5 Å². The van der Waals surface area contributed by atoms with Crippen molar-refractivity contribution >= 4 is 27.5 Å². The molecule has 1 amide bonds. The highest BCUT2D eigenvalue weighted by Gasteiger charge is 2.32. The normalized spacial score (nSPS) is 20.5. The summed E-state index contributed by atoms with van der Waals surface area (Å²) in [5.74, 6) is -0.215. The van der Waals surface area contributed by atoms with Gasteiger partial charge in [0.25, 0.3) is 0 Å². The number of benzene rings is 2. The van der Waals surface area contributed by atoms with Crippen molar-refractivity contribution in [3.05, 3.63) is 70.2 Å². The fourth-order valence-corrected chi connectivity index (χ4v) is 6.37. The molecule has 7 heteroatoms. The predicted octanol–water partition coefficient (Wildman–Crippen LogP) is 4.08. The number of fused-ring (bicyclic) bond motifs is 1. The Morgan fingerprint density at radius 3 is 2.50 bits per heavy atom. The highest BCUT2D eigenvalue weighted by Crippen LogP contribution is 2.31. The lowest BCUT2D eigenvalue weighted by Crippen LogP contribution is -2.44. The second-order valence-electron chi connectivity index (χ2n) is 8.17. The first-order valence-corrected chi connectivity index (χ1v) is 12.5. The van der Waals surface area contributed by atoms with Gasteiger partial charge in [-0.25, -0.2) is 12.7 Å². The number of nitrogens with one attached hydrogen (secondary N) is 1. The standard InChI is InChI=1S/C23H27ClN2O3S/c24-21-10-4-2-7-19(21)16-30(28,29)26-14-12-18(13-15-26)23(27)25-22-11-5-8-17-6-1-3-9-20(17)22/h1-4,6-7,9-10,18,22H,5,8,11-16H2,(H,25,27)/t22-/m1/s1. The van der Waals surface area contributed by atoms with Crippen LogP contribution in [0, 0.1) is 5.92 Å². The molecule has 2 aromatic rings. The number of halogens is 1. The van der Waals surface area contributed by atoms with E-state index in [1.165, 1.54) is 15.4 Å². The van der Waals surface area contributed by atoms with E-state index in [0.29, 0.717) is 36.5 Å². The molecule has 1 fully saturated rings. The van der Waals surface area contributed by atoms with Gasteiger partial charge in [0.05, 0.1) is 11.8 Å². The van der Waals surface area contributed by atoms with Crippen molar-refractivity contribution in [1.82, 2.24) is 9.62 Å². The van der Waals surface area contributed by atoms with Crippen LogP contribution in [0.3, 0.4) is 0 Å². The van der Waals surface area contributed by atoms with E-state index in [1.54, 1.807) is 24.3 Å². The molecule has 1 atom stereocenters. The zero-order chi connectivity index (χ0) is 21.1. The number of sulfonamides is 1. The quantitative estimate of drug-likeness (QED) is 0.752. The van der Waals surface area contributed by atoms with Crippen LogP contribution >= 0.6 is 11.6 Å². The predicted molar refractivity (Wildman–Crippen MR) is 119 cm³/mol. The maximum absolute atomic E-state index is 12.9. The number of amides is 1. The third kappa shape index (κ3) is 4.71. The third-order valence-corrected chi connectivity index (χ3v) is 8.40. The topological polar surface area (TPSA) is 66.5 Å². The van der Waals surface area contributed by atoms with E-state index >= 15 is 0 Å². The summed E-state index contributed by atoms with van der Waals surface area (Å²) in [7, 11) is -3.46. The molecule has 1 N–H and O–H groups in total. The molecule has 1 heterocycles. The van der Waals surface area contributed by atoms with Crippen LogP contribution in [-0.4, -0.2) is 31.7 Å². The van der Waals surface area contributed by atoms with E-state index in [2.05, 4.69) is 17.4 Å². The third-order valence-electron chi connectivity index (χ3n) is 6.20. The molecule has 1 aliphatic carbocycles. The van der Waals surface area contributed by atoms with Gasteiger partial charge in [-0.15, -0.1) is 0 Å². The Hall–Kier alpha value is -1.89. The van der Waals surface area contributed by atoms with Gasteiger partial charge in [-0.1, -0.05) is 54.1 Å². The Balaban J connectivity index is 1.34. The molecule has 4 rings (SSSR count). The van der Waals surface area contributed by atoms with Gasteiger partial charge >= 0.3 is 0 Å². The molecule has 1 aliphatic heterocycles. The SMILES string of the molecule is O=C(N[C@@H]1CCCc2ccccc21)C1CCN(S(=O)(=O)Cc2ccccc2Cl)CC1. The monoisotopic (exact) mass is 446 g/mol. The fraction of sp³-hybridized carbons (Fsp3) is 0.435. The van der Waals surface area contributed by atoms with Crippen LogP contribution in [0.5, 0.6) is 0 Å². The van der Waals surface area contributed by atoms with Crippen LogP contribution in [0.25, 0.3) is 0 Å². The Morgan fingerprint density at radius 2 is 1.73 bits per heavy atom. The summed E-state index contributed by atoms with van der Waals surface area (Å²) < 4.78 is 27.1. The van der Waals surface area contributed by atoms with Crippen molar-refractivity contribution < 1.29 is 13.2 Å². The minimum Gasteiger partial charge on any atom is -0.349 e. The number of hydrogen-bond donors (Lipinski definition) is 1. The first kappa shape index (κ1) is 21.3. The smallest absolute Gasteiger partial charge is 0.223 e. The van der Waals surface area contributed by atoms with Gasteiger partial charge in [0.15, 0.2) is 0 Å². The summed E-state index contributed by atoms with van der Waals surface area (Å²) in [6, 6.07) is 15.4. The lowest BCUT2D eigenvalue weighted by atomic mass is 9.87. The second kappa shape index (κ2) is 9.08. The molecule has 30 heavy (non-hydrogen) atoms. The van der Waals surface area contributed by atoms with Crippen molar-refractivity contribution in [2.75, 3.05) is 13.1 Å². The van der Waals surface area contributed by atoms with Gasteiger partial charge in [-0.05, 0) is 54.9 Å². The number of nitrogens with zero attached hydrogens (tertiary/aromatic N) is 1. The van der Waals surface area contributed by atoms with Gasteiger partial charge in [-0.2, -0.15) is 0 Å². The molecule has 1 saturated heterocycles. The van der Waals surface area contributed by atoms with E-state index in [-0.39, 0.29) is 23.6 Å². The number of rotatable bonds is 5. The van der Waals surface area contributed by atoms with Crippen molar-refractivity contribution in [2.24, 2.45) is 5.92 Å². The summed E-state index contributed by atoms with van der Waals surface area (Å²) in [6.45, 7) is 0.734. The van der Waals surface area contributed by atoms with Crippen molar-refractivity contribution in [2.45, 2.75) is 43.9 Å². The Bertz CT molecular complexity index is 1020. The van der Waals surface area contributed by atoms with Crippen molar-refractivity contribution in [3.8, 4) is 0 Å². The van der Waals surface area contributed by atoms with E-state index in [9.17, 15) is 13.2 Å². The summed E-state index contributed by atoms with van der Waals surface area (Å²) in [5, 5.41) is 3.68. The zero-order valence-electron chi connectivity index (χ0n) is 16.9. The molecule has 2 aliphatic rings. The van der Waals surface area contributed by atoms with Gasteiger partial charge in [-0.3, -0.25) is 4.79 Å². The number of hydrogen-bond acceptors (Lipinski definition) is 3. The van der Waals surface area contributed by atoms with Gasteiger partial charge < -0.3 is 5.32 Å². The van der Waals surface area contributed by atoms with Crippen LogP contribution in [0.4, 0.5) is 0 Å². The van der Waals surface area contributed by atoms with Crippen LogP contribution in [0.2, 0.25) is 5.02 Å². The highest BCUT2D eigenvalue weighted by molar-refractivity contribution is 7.88. The molecule has 0 bridgehead atoms. The first-order valence-electron chi connectivity index (χ1n) is 10.5. The Labute approximate surface area is 183 Å². The van der Waals surface area contributed by atoms with Crippen molar-refractivity contribution in [1.29, 1.82) is 0 Å². The lowest BCUT2D eigenvalue weighted by molar-refractivity contribution is -0.127. The molecule has 5 nitrogen and oxygen atoms in total. The Kier molecular flexibility index (Phi) is 6.46. The molecule has 160 valence electrons. The first-order chi connectivity index (χ1) is 14.4. The summed E-state index contributed by atoms with van der Waals surface area (Å²) >= 11 is 6.13. The fourth-order valence-electron chi connectivity index (χ4n) is 4.49. The highest BCUT2D eigenvalue weighted by atomic mass is 35.5. The number of piperidine rings is 1. The molecule has 0 saturated carbocycles. The van der Waals surface area contributed by atoms with Gasteiger partial charge in [0.1, 0.15) is 0 Å². The molecular weight excluding hydrogens is 420 g/mol. The molecule has 0 spiro atoms. The maximum atomic E-state index is 12.9. The molecular formula is C23H27ClN2O3S. The minimum absolute atomic E-state index is 0.0415. The lowest BCUT2D eigenvalue weighted by Gasteiger charge is -2.32. The summed E-state index contributed by atoms with van der Waals surface area (Å²) in [4.78, 5) is 12.9. The maximum Gasteiger partial charge on any atom is 0.223 e. The van der Waals surface area contributed by atoms with E-state index in [1.807, 2.05) is 12.1 Å². The largest absolute Gasteiger partial charge is 0.349 e. The van der Waals surface area contributed by atoms with E-state index in [4.69, 9.17) is 11.6 Å². The number of aryl methyl sites for hydroxylation is 1. The molecule has 0 unspecified atom stereocenters. The van der Waals surface area contributed by atoms with Crippen LogP contribution in [-0.2, 0) is 27.0 Å². The molecule has 0 radical (unpaired) electrons. The minimum atomic E-state index is -3.46. The summed E-state index contributed by atoms with van der Waals surface area (Å²) in [5.41, 5.74) is 3.14. The molecule has 0 aromatic heterocycles. The number of carbonyl (C=O) groups excluding carboxylic acids is 1.